The van der Waals surface area contributed by atoms with E-state index in [9.17, 15) is 14.4 Å². The van der Waals surface area contributed by atoms with E-state index in [1.807, 2.05) is 66.7 Å². The molecular weight excluding hydrogens is 779 g/mol. The van der Waals surface area contributed by atoms with Crippen molar-refractivity contribution in [3.8, 4) is 0 Å². The molecule has 0 radical (unpaired) electrons. The number of nitrogens with zero attached hydrogens (tertiary/aromatic N) is 1. The number of hydrogen-bond acceptors (Lipinski definition) is 9. The molecule has 5 fully saturated rings. The number of esters is 2. The van der Waals surface area contributed by atoms with Gasteiger partial charge >= 0.3 is 17.8 Å². The maximum Gasteiger partial charge on any atom is 0.519 e. The van der Waals surface area contributed by atoms with Gasteiger partial charge in [-0.3, -0.25) is 19.3 Å². The van der Waals surface area contributed by atoms with Gasteiger partial charge in [-0.05, 0) is 155 Å². The van der Waals surface area contributed by atoms with Crippen LogP contribution in [0.4, 0.5) is 0 Å². The number of ketones is 1. The van der Waals surface area contributed by atoms with Crippen LogP contribution in [0.25, 0.3) is 0 Å². The Hall–Kier alpha value is -4.24. The van der Waals surface area contributed by atoms with Crippen LogP contribution in [0.1, 0.15) is 147 Å². The molecule has 0 unspecified atom stereocenters. The van der Waals surface area contributed by atoms with Crippen molar-refractivity contribution in [2.45, 2.75) is 144 Å². The number of carbonyl (C=O) groups excluding carboxylic acids is 3. The quantitative estimate of drug-likeness (QED) is 0.204. The number of ether oxygens (including phenoxy) is 2. The molecule has 9 rings (SSSR count). The average Bonchev–Trinajstić information content (AvgIpc) is 3.59. The summed E-state index contributed by atoms with van der Waals surface area (Å²) in [6, 6.07) is 20.0. The van der Waals surface area contributed by atoms with Crippen molar-refractivity contribution in [3.05, 3.63) is 106 Å². The molecule has 9 heteroatoms. The van der Waals surface area contributed by atoms with Crippen LogP contribution in [-0.2, 0) is 30.5 Å². The first-order valence-corrected chi connectivity index (χ1v) is 23.5. The zero-order chi connectivity index (χ0) is 43.9. The van der Waals surface area contributed by atoms with Crippen LogP contribution in [0.3, 0.4) is 0 Å². The number of piperidine rings is 1. The van der Waals surface area contributed by atoms with Gasteiger partial charge in [0.15, 0.2) is 30.0 Å². The maximum absolute atomic E-state index is 15.4. The number of carbonyl (C=O) groups is 3. The molecule has 10 atom stereocenters. The minimum atomic E-state index is -0.886. The van der Waals surface area contributed by atoms with Gasteiger partial charge in [-0.15, -0.1) is 0 Å². The molecule has 6 aliphatic rings. The van der Waals surface area contributed by atoms with E-state index in [1.165, 1.54) is 12.0 Å². The first kappa shape index (κ1) is 43.0. The van der Waals surface area contributed by atoms with Gasteiger partial charge < -0.3 is 18.3 Å². The summed E-state index contributed by atoms with van der Waals surface area (Å²) < 4.78 is 23.1. The number of allylic oxidation sites excluding steroid dienone is 2. The van der Waals surface area contributed by atoms with Crippen LogP contribution in [0.15, 0.2) is 85.9 Å². The van der Waals surface area contributed by atoms with Crippen molar-refractivity contribution in [1.29, 1.82) is 0 Å². The highest BCUT2D eigenvalue weighted by atomic mass is 16.6. The third kappa shape index (κ3) is 6.63. The summed E-state index contributed by atoms with van der Waals surface area (Å²) in [4.78, 5) is 59.4. The van der Waals surface area contributed by atoms with E-state index in [2.05, 4.69) is 46.4 Å². The van der Waals surface area contributed by atoms with Crippen molar-refractivity contribution in [1.82, 2.24) is 4.90 Å². The summed E-state index contributed by atoms with van der Waals surface area (Å²) in [7, 11) is 0. The van der Waals surface area contributed by atoms with E-state index in [0.717, 1.165) is 88.4 Å². The number of fused-ring (bicyclic) bond motifs is 7. The van der Waals surface area contributed by atoms with E-state index in [4.69, 9.17) is 18.3 Å². The largest absolute Gasteiger partial charge is 0.519 e. The second kappa shape index (κ2) is 15.5. The second-order valence-corrected chi connectivity index (χ2v) is 21.8. The molecule has 3 aromatic rings. The smallest absolute Gasteiger partial charge is 0.457 e. The molecule has 0 amide bonds. The zero-order valence-corrected chi connectivity index (χ0v) is 38.1. The fourth-order valence-electron chi connectivity index (χ4n) is 14.7. The van der Waals surface area contributed by atoms with Gasteiger partial charge in [0.25, 0.3) is 0 Å². The van der Waals surface area contributed by atoms with Crippen LogP contribution in [0.2, 0.25) is 0 Å². The monoisotopic (exact) mass is 845 g/mol. The highest BCUT2D eigenvalue weighted by molar-refractivity contribution is 5.96. The number of rotatable bonds is 8. The number of likely N-dealkylation sites (tertiary alicyclic amines) is 1. The summed E-state index contributed by atoms with van der Waals surface area (Å²) in [6.45, 7) is 17.1. The molecule has 1 aromatic heterocycles. The first-order valence-electron chi connectivity index (χ1n) is 23.5. The molecule has 2 aromatic carbocycles. The Morgan fingerprint density at radius 1 is 0.774 bits per heavy atom. The third-order valence-corrected chi connectivity index (χ3v) is 18.6. The zero-order valence-electron chi connectivity index (χ0n) is 38.1. The van der Waals surface area contributed by atoms with E-state index in [1.54, 1.807) is 6.92 Å². The number of aryl methyl sites for hydroxylation is 1. The van der Waals surface area contributed by atoms with Gasteiger partial charge in [0.1, 0.15) is 0 Å². The molecule has 0 spiro atoms. The predicted molar refractivity (Wildman–Crippen MR) is 236 cm³/mol. The molecule has 2 heterocycles. The van der Waals surface area contributed by atoms with Gasteiger partial charge in [-0.25, -0.2) is 4.79 Å². The van der Waals surface area contributed by atoms with Crippen LogP contribution in [0, 0.1) is 57.2 Å². The summed E-state index contributed by atoms with van der Waals surface area (Å²) >= 11 is 0. The van der Waals surface area contributed by atoms with Gasteiger partial charge in [-0.2, -0.15) is 0 Å². The van der Waals surface area contributed by atoms with Crippen molar-refractivity contribution >= 4 is 17.7 Å². The van der Waals surface area contributed by atoms with Crippen LogP contribution in [-0.4, -0.2) is 41.8 Å². The van der Waals surface area contributed by atoms with Crippen molar-refractivity contribution in [3.63, 3.8) is 0 Å². The molecular formula is C53H67NO8. The fourth-order valence-corrected chi connectivity index (χ4v) is 14.7. The Bertz CT molecular complexity index is 2250. The third-order valence-electron chi connectivity index (χ3n) is 18.6. The minimum Gasteiger partial charge on any atom is -0.457 e. The maximum atomic E-state index is 15.4. The number of benzene rings is 2. The van der Waals surface area contributed by atoms with Gasteiger partial charge in [0, 0.05) is 12.0 Å². The summed E-state index contributed by atoms with van der Waals surface area (Å²) in [5.41, 5.74) is 0.421. The Balaban J connectivity index is 1.04. The van der Waals surface area contributed by atoms with E-state index in [-0.39, 0.29) is 70.1 Å². The van der Waals surface area contributed by atoms with Crippen molar-refractivity contribution in [2.75, 3.05) is 13.1 Å². The Morgan fingerprint density at radius 3 is 2.05 bits per heavy atom. The fraction of sp³-hybridized carbons (Fsp3) is 0.623. The Morgan fingerprint density at radius 2 is 1.42 bits per heavy atom. The molecule has 4 saturated carbocycles. The molecule has 1 aliphatic heterocycles. The molecule has 0 N–H and O–H groups in total. The van der Waals surface area contributed by atoms with Crippen molar-refractivity contribution < 1.29 is 32.7 Å². The lowest BCUT2D eigenvalue weighted by Gasteiger charge is -2.71. The molecule has 62 heavy (non-hydrogen) atoms. The Kier molecular flexibility index (Phi) is 10.7. The lowest BCUT2D eigenvalue weighted by atomic mass is 9.33. The molecule has 0 bridgehead atoms. The summed E-state index contributed by atoms with van der Waals surface area (Å²) in [5.74, 6) is -0.842. The molecule has 5 aliphatic carbocycles. The summed E-state index contributed by atoms with van der Waals surface area (Å²) in [5, 5.41) is 0. The normalized spacial score (nSPS) is 38.2. The molecule has 332 valence electrons. The minimum absolute atomic E-state index is 0.0194. The lowest BCUT2D eigenvalue weighted by Crippen LogP contribution is -2.69. The highest BCUT2D eigenvalue weighted by Crippen LogP contribution is 2.75. The van der Waals surface area contributed by atoms with Crippen LogP contribution < -0.4 is 5.82 Å². The van der Waals surface area contributed by atoms with Gasteiger partial charge in [0.2, 0.25) is 0 Å². The predicted octanol–water partition coefficient (Wildman–Crippen LogP) is 10.7. The van der Waals surface area contributed by atoms with E-state index < -0.39 is 28.2 Å². The standard InChI is InChI=1S/C53H67NO8/c1-34-40(61-47(58)60-34)33-59-46(57)53(7)41-21-24-52(6)44(50(41,4)23-22-42(53)54-29-15-10-16-30-54)39(55)31-37-38-32-49(3,26-25-48(38,2)27-28-51(37,52)5)45(56)62-43(35-17-11-8-12-18-35)36-19-13-9-14-20-36/h8-9,11-14,17-20,31,38,41-44H,10,15-16,21-30,32-33H2,1-7H3/t38-,41+,42-,44+,48+,49-,50-,51+,52+,53-/m0/s1. The van der Waals surface area contributed by atoms with E-state index in [0.29, 0.717) is 12.2 Å². The SMILES string of the molecule is Cc1oc(=O)oc1COC(=O)[C@]1(C)[C@@H](N2CCCCC2)CC[C@@]2(C)[C@H]1CC[C@]1(C)[C@@H]2C(=O)C=C2[C@@H]3C[C@@](C)(C(=O)OC(c4ccccc4)c4ccccc4)CC[C@]3(C)CC[C@]21C. The van der Waals surface area contributed by atoms with E-state index >= 15 is 4.79 Å². The number of hydrogen-bond donors (Lipinski definition) is 0. The second-order valence-electron chi connectivity index (χ2n) is 21.8. The van der Waals surface area contributed by atoms with Gasteiger partial charge in [-0.1, -0.05) is 100 Å². The molecule has 9 nitrogen and oxygen atoms in total. The molecule has 1 saturated heterocycles. The van der Waals surface area contributed by atoms with Gasteiger partial charge in [0.05, 0.1) is 10.8 Å². The van der Waals surface area contributed by atoms with Crippen LogP contribution >= 0.6 is 0 Å². The van der Waals surface area contributed by atoms with Crippen LogP contribution in [0.5, 0.6) is 0 Å². The average molecular weight is 846 g/mol. The highest BCUT2D eigenvalue weighted by Gasteiger charge is 2.72. The lowest BCUT2D eigenvalue weighted by molar-refractivity contribution is -0.213. The van der Waals surface area contributed by atoms with Crippen molar-refractivity contribution in [2.24, 2.45) is 50.2 Å². The first-order chi connectivity index (χ1) is 29.5. The topological polar surface area (TPSA) is 116 Å². The summed E-state index contributed by atoms with van der Waals surface area (Å²) in [6.07, 6.45) is 12.5. The Labute approximate surface area is 367 Å².